The molecule has 1 heterocycles. The molecule has 0 saturated heterocycles. The number of carbonyl (C=O) groups is 2. The first-order chi connectivity index (χ1) is 13.7. The van der Waals surface area contributed by atoms with Gasteiger partial charge in [0.2, 0.25) is 10.0 Å². The number of halogens is 1. The van der Waals surface area contributed by atoms with Gasteiger partial charge in [0.15, 0.2) is 5.76 Å². The average Bonchev–Trinajstić information content (AvgIpc) is 3.02. The first-order valence-electron chi connectivity index (χ1n) is 8.56. The lowest BCUT2D eigenvalue weighted by molar-refractivity contribution is -0.123. The van der Waals surface area contributed by atoms with Gasteiger partial charge in [-0.3, -0.25) is 20.4 Å². The average molecular weight is 419 g/mol. The molecule has 0 spiro atoms. The van der Waals surface area contributed by atoms with Gasteiger partial charge in [-0.1, -0.05) is 30.3 Å². The number of benzene rings is 2. The van der Waals surface area contributed by atoms with Crippen molar-refractivity contribution in [2.75, 3.05) is 0 Å². The standard InChI is InChI=1S/C19H18FN3O5S/c1-11-13-7-3-5-9-15(13)28-17(11)19(25)22-21-18(24)12(2)23-29(26,27)16-10-6-4-8-14(16)20/h3-10,12,23H,1-2H3,(H,21,24)(H,22,25)/t12-/m0/s1. The monoisotopic (exact) mass is 419 g/mol. The Morgan fingerprint density at radius 2 is 1.69 bits per heavy atom. The number of sulfonamides is 1. The molecule has 29 heavy (non-hydrogen) atoms. The van der Waals surface area contributed by atoms with E-state index in [4.69, 9.17) is 4.42 Å². The van der Waals surface area contributed by atoms with Gasteiger partial charge in [-0.2, -0.15) is 4.72 Å². The molecule has 0 bridgehead atoms. The van der Waals surface area contributed by atoms with Crippen LogP contribution < -0.4 is 15.6 Å². The van der Waals surface area contributed by atoms with Crippen molar-refractivity contribution in [1.29, 1.82) is 0 Å². The number of furan rings is 1. The largest absolute Gasteiger partial charge is 0.451 e. The van der Waals surface area contributed by atoms with E-state index in [2.05, 4.69) is 15.6 Å². The van der Waals surface area contributed by atoms with Crippen LogP contribution in [0, 0.1) is 12.7 Å². The van der Waals surface area contributed by atoms with Crippen LogP contribution in [0.5, 0.6) is 0 Å². The first kappa shape index (κ1) is 20.5. The Morgan fingerprint density at radius 3 is 2.38 bits per heavy atom. The molecule has 10 heteroatoms. The summed E-state index contributed by atoms with van der Waals surface area (Å²) in [6.45, 7) is 2.96. The molecule has 0 unspecified atom stereocenters. The minimum atomic E-state index is -4.27. The number of carbonyl (C=O) groups excluding carboxylic acids is 2. The number of hydrogen-bond acceptors (Lipinski definition) is 5. The predicted octanol–water partition coefficient (Wildman–Crippen LogP) is 2.01. The number of fused-ring (bicyclic) bond motifs is 1. The van der Waals surface area contributed by atoms with Crippen LogP contribution in [0.1, 0.15) is 23.0 Å². The number of aryl methyl sites for hydroxylation is 1. The van der Waals surface area contributed by atoms with Crippen molar-refractivity contribution in [3.8, 4) is 0 Å². The highest BCUT2D eigenvalue weighted by Crippen LogP contribution is 2.24. The number of amides is 2. The summed E-state index contributed by atoms with van der Waals surface area (Å²) in [5, 5.41) is 0.759. The molecule has 0 fully saturated rings. The van der Waals surface area contributed by atoms with E-state index in [0.29, 0.717) is 11.1 Å². The van der Waals surface area contributed by atoms with Crippen molar-refractivity contribution < 1.29 is 26.8 Å². The van der Waals surface area contributed by atoms with Crippen LogP contribution in [0.4, 0.5) is 4.39 Å². The molecule has 3 rings (SSSR count). The summed E-state index contributed by atoms with van der Waals surface area (Å²) in [6, 6.07) is 10.6. The fraction of sp³-hybridized carbons (Fsp3) is 0.158. The van der Waals surface area contributed by atoms with E-state index in [-0.39, 0.29) is 5.76 Å². The van der Waals surface area contributed by atoms with E-state index in [1.54, 1.807) is 31.2 Å². The van der Waals surface area contributed by atoms with Crippen molar-refractivity contribution in [3.05, 3.63) is 65.7 Å². The van der Waals surface area contributed by atoms with E-state index in [1.807, 2.05) is 0 Å². The van der Waals surface area contributed by atoms with Gasteiger partial charge in [-0.15, -0.1) is 0 Å². The molecular formula is C19H18FN3O5S. The summed E-state index contributed by atoms with van der Waals surface area (Å²) in [4.78, 5) is 23.9. The van der Waals surface area contributed by atoms with E-state index >= 15 is 0 Å². The molecule has 0 radical (unpaired) electrons. The molecule has 0 aliphatic carbocycles. The third kappa shape index (κ3) is 4.28. The fourth-order valence-electron chi connectivity index (χ4n) is 2.69. The molecule has 0 aliphatic heterocycles. The summed E-state index contributed by atoms with van der Waals surface area (Å²) in [5.41, 5.74) is 5.42. The molecular weight excluding hydrogens is 401 g/mol. The van der Waals surface area contributed by atoms with Gasteiger partial charge in [-0.05, 0) is 32.0 Å². The second kappa shape index (κ2) is 8.02. The number of nitrogens with one attached hydrogen (secondary N) is 3. The predicted molar refractivity (Wildman–Crippen MR) is 103 cm³/mol. The molecule has 1 atom stereocenters. The van der Waals surface area contributed by atoms with Crippen LogP contribution in [-0.4, -0.2) is 26.3 Å². The Bertz CT molecular complexity index is 1190. The number of hydrogen-bond donors (Lipinski definition) is 3. The van der Waals surface area contributed by atoms with Gasteiger partial charge in [0.05, 0.1) is 6.04 Å². The van der Waals surface area contributed by atoms with Gasteiger partial charge in [0, 0.05) is 10.9 Å². The molecule has 2 aromatic carbocycles. The topological polar surface area (TPSA) is 118 Å². The Labute approximate surface area is 166 Å². The van der Waals surface area contributed by atoms with Crippen molar-refractivity contribution in [2.24, 2.45) is 0 Å². The molecule has 0 aliphatic rings. The molecule has 152 valence electrons. The van der Waals surface area contributed by atoms with Crippen LogP contribution in [0.25, 0.3) is 11.0 Å². The minimum absolute atomic E-state index is 0.0195. The highest BCUT2D eigenvalue weighted by Gasteiger charge is 2.25. The zero-order valence-corrected chi connectivity index (χ0v) is 16.3. The maximum absolute atomic E-state index is 13.7. The van der Waals surface area contributed by atoms with Crippen molar-refractivity contribution in [1.82, 2.24) is 15.6 Å². The van der Waals surface area contributed by atoms with Gasteiger partial charge in [0.1, 0.15) is 16.3 Å². The zero-order chi connectivity index (χ0) is 21.2. The molecule has 8 nitrogen and oxygen atoms in total. The van der Waals surface area contributed by atoms with Crippen LogP contribution >= 0.6 is 0 Å². The fourth-order valence-corrected chi connectivity index (χ4v) is 3.97. The smallest absolute Gasteiger partial charge is 0.305 e. The van der Waals surface area contributed by atoms with Crippen LogP contribution in [0.2, 0.25) is 0 Å². The third-order valence-corrected chi connectivity index (χ3v) is 5.77. The van der Waals surface area contributed by atoms with Crippen molar-refractivity contribution in [3.63, 3.8) is 0 Å². The molecule has 2 amide bonds. The third-order valence-electron chi connectivity index (χ3n) is 4.20. The Kier molecular flexibility index (Phi) is 5.66. The molecule has 0 saturated carbocycles. The zero-order valence-electron chi connectivity index (χ0n) is 15.5. The van der Waals surface area contributed by atoms with Crippen LogP contribution in [-0.2, 0) is 14.8 Å². The number of para-hydroxylation sites is 1. The van der Waals surface area contributed by atoms with Crippen molar-refractivity contribution in [2.45, 2.75) is 24.8 Å². The van der Waals surface area contributed by atoms with E-state index in [9.17, 15) is 22.4 Å². The van der Waals surface area contributed by atoms with E-state index in [0.717, 1.165) is 17.5 Å². The normalized spacial score (nSPS) is 12.5. The lowest BCUT2D eigenvalue weighted by atomic mass is 10.1. The van der Waals surface area contributed by atoms with Gasteiger partial charge >= 0.3 is 5.91 Å². The second-order valence-electron chi connectivity index (χ2n) is 6.27. The van der Waals surface area contributed by atoms with Crippen LogP contribution in [0.3, 0.4) is 0 Å². The SMILES string of the molecule is Cc1c(C(=O)NNC(=O)[C@H](C)NS(=O)(=O)c2ccccc2F)oc2ccccc12. The second-order valence-corrected chi connectivity index (χ2v) is 7.95. The van der Waals surface area contributed by atoms with Gasteiger partial charge < -0.3 is 4.42 Å². The number of hydrazine groups is 1. The lowest BCUT2D eigenvalue weighted by Crippen LogP contribution is -2.51. The summed E-state index contributed by atoms with van der Waals surface area (Å²) < 4.78 is 45.7. The minimum Gasteiger partial charge on any atom is -0.451 e. The molecule has 3 N–H and O–H groups in total. The summed E-state index contributed by atoms with van der Waals surface area (Å²) >= 11 is 0. The Hall–Kier alpha value is -3.24. The molecule has 3 aromatic rings. The maximum atomic E-state index is 13.7. The number of rotatable bonds is 5. The van der Waals surface area contributed by atoms with Gasteiger partial charge in [0.25, 0.3) is 5.91 Å². The Morgan fingerprint density at radius 1 is 1.03 bits per heavy atom. The summed E-state index contributed by atoms with van der Waals surface area (Å²) in [6.07, 6.45) is 0. The summed E-state index contributed by atoms with van der Waals surface area (Å²) in [7, 11) is -4.27. The Balaban J connectivity index is 1.64. The van der Waals surface area contributed by atoms with Crippen molar-refractivity contribution >= 4 is 32.8 Å². The van der Waals surface area contributed by atoms with E-state index < -0.39 is 38.6 Å². The van der Waals surface area contributed by atoms with E-state index in [1.165, 1.54) is 19.1 Å². The van der Waals surface area contributed by atoms with Crippen LogP contribution in [0.15, 0.2) is 57.8 Å². The highest BCUT2D eigenvalue weighted by molar-refractivity contribution is 7.89. The highest BCUT2D eigenvalue weighted by atomic mass is 32.2. The molecule has 1 aromatic heterocycles. The summed E-state index contributed by atoms with van der Waals surface area (Å²) in [5.74, 6) is -2.46. The quantitative estimate of drug-likeness (QED) is 0.547. The lowest BCUT2D eigenvalue weighted by Gasteiger charge is -2.15. The maximum Gasteiger partial charge on any atom is 0.305 e. The van der Waals surface area contributed by atoms with Gasteiger partial charge in [-0.25, -0.2) is 12.8 Å². The first-order valence-corrected chi connectivity index (χ1v) is 10.0.